The molecule has 1 atom stereocenters. The number of benzene rings is 3. The molecule has 1 unspecified atom stereocenters. The van der Waals surface area contributed by atoms with Crippen LogP contribution < -0.4 is 10.1 Å². The topological polar surface area (TPSA) is 109 Å². The molecule has 1 aromatic heterocycles. The van der Waals surface area contributed by atoms with Gasteiger partial charge in [0.2, 0.25) is 0 Å². The molecule has 0 aliphatic heterocycles. The summed E-state index contributed by atoms with van der Waals surface area (Å²) in [6, 6.07) is 21.8. The number of nitrogens with one attached hydrogen (secondary N) is 1. The quantitative estimate of drug-likeness (QED) is 0.260. The summed E-state index contributed by atoms with van der Waals surface area (Å²) in [7, 11) is 0. The summed E-state index contributed by atoms with van der Waals surface area (Å²) in [4.78, 5) is 25.5. The van der Waals surface area contributed by atoms with Gasteiger partial charge in [0.05, 0.1) is 0 Å². The highest BCUT2D eigenvalue weighted by Crippen LogP contribution is 2.21. The number of fused-ring (bicyclic) bond motifs is 1. The van der Waals surface area contributed by atoms with Gasteiger partial charge >= 0.3 is 12.1 Å². The van der Waals surface area contributed by atoms with E-state index in [1.807, 2.05) is 48.5 Å². The molecule has 37 heavy (non-hydrogen) atoms. The molecule has 0 fully saturated rings. The van der Waals surface area contributed by atoms with Crippen LogP contribution in [0.1, 0.15) is 22.0 Å². The predicted molar refractivity (Wildman–Crippen MR) is 134 cm³/mol. The van der Waals surface area contributed by atoms with Crippen molar-refractivity contribution in [3.05, 3.63) is 101 Å². The van der Waals surface area contributed by atoms with Crippen molar-refractivity contribution in [3.63, 3.8) is 0 Å². The Hall–Kier alpha value is -3.96. The first-order valence-electron chi connectivity index (χ1n) is 10.6. The average Bonchev–Trinajstić information content (AvgIpc) is 2.87. The lowest BCUT2D eigenvalue weighted by Gasteiger charge is -2.13. The third-order valence-electron chi connectivity index (χ3n) is 4.92. The Morgan fingerprint density at radius 1 is 0.973 bits per heavy atom. The van der Waals surface area contributed by atoms with E-state index < -0.39 is 18.2 Å². The molecule has 1 amide bonds. The molecule has 7 nitrogen and oxygen atoms in total. The molecule has 192 valence electrons. The fraction of sp³-hybridized carbons (Fsp3) is 0.115. The number of amides is 1. The minimum absolute atomic E-state index is 0.124. The van der Waals surface area contributed by atoms with E-state index in [1.165, 1.54) is 0 Å². The number of aliphatic carboxylic acids is 1. The molecule has 4 aromatic rings. The van der Waals surface area contributed by atoms with Gasteiger partial charge in [0, 0.05) is 33.5 Å². The van der Waals surface area contributed by atoms with E-state index in [1.54, 1.807) is 36.7 Å². The Labute approximate surface area is 217 Å². The predicted octanol–water partition coefficient (Wildman–Crippen LogP) is 6.00. The molecule has 3 aromatic carbocycles. The molecule has 0 spiro atoms. The summed E-state index contributed by atoms with van der Waals surface area (Å²) in [6.07, 6.45) is -2.31. The number of nitrogens with zero attached hydrogens (tertiary/aromatic N) is 1. The van der Waals surface area contributed by atoms with Gasteiger partial charge in [-0.3, -0.25) is 9.78 Å². The van der Waals surface area contributed by atoms with Gasteiger partial charge in [-0.1, -0.05) is 34.1 Å². The van der Waals surface area contributed by atoms with Crippen molar-refractivity contribution in [2.45, 2.75) is 12.3 Å². The third kappa shape index (κ3) is 8.29. The van der Waals surface area contributed by atoms with E-state index >= 15 is 0 Å². The zero-order chi connectivity index (χ0) is 27.0. The number of carboxylic acid groups (broad SMARTS) is 1. The minimum Gasteiger partial charge on any atom is -0.491 e. The first-order valence-corrected chi connectivity index (χ1v) is 11.4. The highest BCUT2D eigenvalue weighted by atomic mass is 79.9. The van der Waals surface area contributed by atoms with Crippen molar-refractivity contribution >= 4 is 44.3 Å². The Morgan fingerprint density at radius 2 is 1.62 bits per heavy atom. The molecule has 0 aliphatic carbocycles. The van der Waals surface area contributed by atoms with Gasteiger partial charge in [0.15, 0.2) is 0 Å². The number of alkyl halides is 3. The molecule has 11 heteroatoms. The fourth-order valence-corrected chi connectivity index (χ4v) is 3.29. The van der Waals surface area contributed by atoms with Gasteiger partial charge in [0.1, 0.15) is 18.5 Å². The molecule has 0 saturated heterocycles. The number of ether oxygens (including phenoxy) is 1. The van der Waals surface area contributed by atoms with Crippen LogP contribution in [0.4, 0.5) is 18.9 Å². The average molecular weight is 577 g/mol. The van der Waals surface area contributed by atoms with E-state index in [0.717, 1.165) is 26.5 Å². The van der Waals surface area contributed by atoms with E-state index in [0.29, 0.717) is 11.3 Å². The van der Waals surface area contributed by atoms with Crippen molar-refractivity contribution < 1.29 is 37.7 Å². The van der Waals surface area contributed by atoms with Crippen LogP contribution in [0.3, 0.4) is 0 Å². The highest BCUT2D eigenvalue weighted by Gasteiger charge is 2.38. The standard InChI is InChI=1S/C24H19BrN2O3.C2HF3O2/c25-20-6-1-16(2-7-20)23(28)15-30-22-9-4-17(5-10-22)24(29)27-21-8-3-19-14-26-12-11-18(19)13-21;3-2(4,5)1(6)7/h1-14,23,28H,15H2,(H,27,29);(H,6,7). The van der Waals surface area contributed by atoms with Crippen LogP contribution >= 0.6 is 15.9 Å². The lowest BCUT2D eigenvalue weighted by molar-refractivity contribution is -0.192. The lowest BCUT2D eigenvalue weighted by atomic mass is 10.1. The van der Waals surface area contributed by atoms with Gasteiger partial charge in [0.25, 0.3) is 5.91 Å². The number of carboxylic acids is 1. The van der Waals surface area contributed by atoms with E-state index in [9.17, 15) is 23.1 Å². The second-order valence-electron chi connectivity index (χ2n) is 7.60. The van der Waals surface area contributed by atoms with Crippen LogP contribution in [-0.2, 0) is 4.79 Å². The zero-order valence-corrected chi connectivity index (χ0v) is 20.5. The van der Waals surface area contributed by atoms with Gasteiger partial charge in [-0.05, 0) is 65.5 Å². The molecule has 1 heterocycles. The SMILES string of the molecule is O=C(Nc1ccc2cnccc2c1)c1ccc(OCC(O)c2ccc(Br)cc2)cc1.O=C(O)C(F)(F)F. The number of pyridine rings is 1. The number of carbonyl (C=O) groups is 2. The van der Waals surface area contributed by atoms with Crippen LogP contribution in [0.5, 0.6) is 5.75 Å². The van der Waals surface area contributed by atoms with Gasteiger partial charge in [-0.25, -0.2) is 4.79 Å². The monoisotopic (exact) mass is 576 g/mol. The number of aliphatic hydroxyl groups is 1. The van der Waals surface area contributed by atoms with Crippen LogP contribution in [-0.4, -0.2) is 39.9 Å². The Kier molecular flexibility index (Phi) is 9.20. The number of halogens is 4. The molecule has 0 radical (unpaired) electrons. The summed E-state index contributed by atoms with van der Waals surface area (Å²) < 4.78 is 38.3. The number of aliphatic hydroxyl groups excluding tert-OH is 1. The first kappa shape index (κ1) is 27.6. The van der Waals surface area contributed by atoms with E-state index in [-0.39, 0.29) is 12.5 Å². The summed E-state index contributed by atoms with van der Waals surface area (Å²) in [6.45, 7) is 0.124. The van der Waals surface area contributed by atoms with E-state index in [4.69, 9.17) is 14.6 Å². The number of aromatic nitrogens is 1. The van der Waals surface area contributed by atoms with Crippen LogP contribution in [0, 0.1) is 0 Å². The Balaban J connectivity index is 0.000000479. The number of hydrogen-bond acceptors (Lipinski definition) is 5. The summed E-state index contributed by atoms with van der Waals surface area (Å²) in [5.41, 5.74) is 2.02. The second kappa shape index (κ2) is 12.3. The fourth-order valence-electron chi connectivity index (χ4n) is 3.02. The molecule has 0 aliphatic rings. The molecule has 0 saturated carbocycles. The maximum absolute atomic E-state index is 12.5. The van der Waals surface area contributed by atoms with Crippen molar-refractivity contribution in [2.75, 3.05) is 11.9 Å². The van der Waals surface area contributed by atoms with Gasteiger partial charge < -0.3 is 20.3 Å². The summed E-state index contributed by atoms with van der Waals surface area (Å²) >= 11 is 3.37. The van der Waals surface area contributed by atoms with E-state index in [2.05, 4.69) is 26.2 Å². The van der Waals surface area contributed by atoms with Crippen molar-refractivity contribution in [1.29, 1.82) is 0 Å². The Morgan fingerprint density at radius 3 is 2.24 bits per heavy atom. The molecule has 3 N–H and O–H groups in total. The van der Waals surface area contributed by atoms with Gasteiger partial charge in [-0.2, -0.15) is 13.2 Å². The maximum Gasteiger partial charge on any atom is 0.490 e. The molecule has 4 rings (SSSR count). The second-order valence-corrected chi connectivity index (χ2v) is 8.51. The van der Waals surface area contributed by atoms with Crippen LogP contribution in [0.25, 0.3) is 10.8 Å². The smallest absolute Gasteiger partial charge is 0.490 e. The largest absolute Gasteiger partial charge is 0.491 e. The Bertz CT molecular complexity index is 1360. The first-order chi connectivity index (χ1) is 17.5. The van der Waals surface area contributed by atoms with Crippen LogP contribution in [0.15, 0.2) is 89.7 Å². The molecular formula is C26H20BrF3N2O5. The zero-order valence-electron chi connectivity index (χ0n) is 18.9. The van der Waals surface area contributed by atoms with Crippen LogP contribution in [0.2, 0.25) is 0 Å². The number of rotatable bonds is 6. The summed E-state index contributed by atoms with van der Waals surface area (Å²) in [5.74, 6) is -2.38. The molecule has 0 bridgehead atoms. The highest BCUT2D eigenvalue weighted by molar-refractivity contribution is 9.10. The number of carbonyl (C=O) groups excluding carboxylic acids is 1. The number of hydrogen-bond donors (Lipinski definition) is 3. The lowest BCUT2D eigenvalue weighted by Crippen LogP contribution is -2.21. The summed E-state index contributed by atoms with van der Waals surface area (Å²) in [5, 5.41) is 22.3. The number of anilines is 1. The minimum atomic E-state index is -5.08. The molecular weight excluding hydrogens is 557 g/mol. The van der Waals surface area contributed by atoms with Crippen molar-refractivity contribution in [3.8, 4) is 5.75 Å². The normalized spacial score (nSPS) is 11.7. The van der Waals surface area contributed by atoms with Crippen molar-refractivity contribution in [1.82, 2.24) is 4.98 Å². The maximum atomic E-state index is 12.5. The van der Waals surface area contributed by atoms with Crippen molar-refractivity contribution in [2.24, 2.45) is 0 Å². The van der Waals surface area contributed by atoms with Gasteiger partial charge in [-0.15, -0.1) is 0 Å². The third-order valence-corrected chi connectivity index (χ3v) is 5.45.